The number of rotatable bonds is 4. The Labute approximate surface area is 109 Å². The standard InChI is InChI=1S/C15H22N2O/c1-18-13-8-12(9-13)17-10-11-6-7-16-15-5-3-2-4-14(11)15/h2-5,11-13,16-17H,6-10H2,1H3. The molecule has 18 heavy (non-hydrogen) atoms. The molecule has 1 fully saturated rings. The second-order valence-corrected chi connectivity index (χ2v) is 5.43. The highest BCUT2D eigenvalue weighted by molar-refractivity contribution is 5.54. The summed E-state index contributed by atoms with van der Waals surface area (Å²) in [5, 5.41) is 7.16. The van der Waals surface area contributed by atoms with Gasteiger partial charge in [-0.25, -0.2) is 0 Å². The normalized spacial score (nSPS) is 30.2. The van der Waals surface area contributed by atoms with Crippen LogP contribution in [0.1, 0.15) is 30.7 Å². The molecule has 0 aromatic heterocycles. The molecule has 1 heterocycles. The van der Waals surface area contributed by atoms with E-state index < -0.39 is 0 Å². The number of methoxy groups -OCH3 is 1. The molecule has 3 heteroatoms. The van der Waals surface area contributed by atoms with Gasteiger partial charge < -0.3 is 15.4 Å². The summed E-state index contributed by atoms with van der Waals surface area (Å²) in [7, 11) is 1.81. The summed E-state index contributed by atoms with van der Waals surface area (Å²) in [6.07, 6.45) is 4.05. The zero-order valence-electron chi connectivity index (χ0n) is 11.0. The van der Waals surface area contributed by atoms with Crippen LogP contribution in [-0.2, 0) is 4.74 Å². The van der Waals surface area contributed by atoms with Crippen molar-refractivity contribution in [2.75, 3.05) is 25.5 Å². The second-order valence-electron chi connectivity index (χ2n) is 5.43. The molecule has 0 amide bonds. The van der Waals surface area contributed by atoms with Crippen molar-refractivity contribution in [2.45, 2.75) is 37.3 Å². The van der Waals surface area contributed by atoms with Gasteiger partial charge in [0.25, 0.3) is 0 Å². The first-order valence-corrected chi connectivity index (χ1v) is 6.96. The Morgan fingerprint density at radius 1 is 1.33 bits per heavy atom. The summed E-state index contributed by atoms with van der Waals surface area (Å²) >= 11 is 0. The van der Waals surface area contributed by atoms with E-state index in [0.717, 1.165) is 13.1 Å². The lowest BCUT2D eigenvalue weighted by atomic mass is 9.87. The average molecular weight is 246 g/mol. The molecule has 0 radical (unpaired) electrons. The van der Waals surface area contributed by atoms with Gasteiger partial charge in [0, 0.05) is 37.8 Å². The number of benzene rings is 1. The fraction of sp³-hybridized carbons (Fsp3) is 0.600. The monoisotopic (exact) mass is 246 g/mol. The van der Waals surface area contributed by atoms with E-state index in [1.807, 2.05) is 7.11 Å². The Morgan fingerprint density at radius 2 is 2.17 bits per heavy atom. The Balaban J connectivity index is 1.55. The summed E-state index contributed by atoms with van der Waals surface area (Å²) < 4.78 is 5.31. The lowest BCUT2D eigenvalue weighted by molar-refractivity contribution is 0.0171. The molecule has 3 nitrogen and oxygen atoms in total. The van der Waals surface area contributed by atoms with Gasteiger partial charge in [0.2, 0.25) is 0 Å². The molecule has 2 N–H and O–H groups in total. The summed E-state index contributed by atoms with van der Waals surface area (Å²) in [6.45, 7) is 2.19. The van der Waals surface area contributed by atoms with Crippen molar-refractivity contribution in [1.82, 2.24) is 5.32 Å². The summed E-state index contributed by atoms with van der Waals surface area (Å²) in [6, 6.07) is 9.36. The molecule has 3 rings (SSSR count). The van der Waals surface area contributed by atoms with Crippen molar-refractivity contribution >= 4 is 5.69 Å². The molecule has 0 saturated heterocycles. The SMILES string of the molecule is COC1CC(NCC2CCNc3ccccc32)C1. The number of nitrogens with one attached hydrogen (secondary N) is 2. The van der Waals surface area contributed by atoms with Gasteiger partial charge >= 0.3 is 0 Å². The summed E-state index contributed by atoms with van der Waals surface area (Å²) in [4.78, 5) is 0. The highest BCUT2D eigenvalue weighted by Crippen LogP contribution is 2.31. The van der Waals surface area contributed by atoms with Crippen LogP contribution in [-0.4, -0.2) is 32.3 Å². The van der Waals surface area contributed by atoms with Crippen molar-refractivity contribution in [2.24, 2.45) is 0 Å². The van der Waals surface area contributed by atoms with Crippen molar-refractivity contribution < 1.29 is 4.74 Å². The topological polar surface area (TPSA) is 33.3 Å². The van der Waals surface area contributed by atoms with E-state index in [1.54, 1.807) is 0 Å². The lowest BCUT2D eigenvalue weighted by Gasteiger charge is -2.36. The first-order chi connectivity index (χ1) is 8.86. The highest BCUT2D eigenvalue weighted by Gasteiger charge is 2.29. The Kier molecular flexibility index (Phi) is 3.52. The summed E-state index contributed by atoms with van der Waals surface area (Å²) in [5.74, 6) is 0.657. The van der Waals surface area contributed by atoms with Crippen molar-refractivity contribution in [1.29, 1.82) is 0 Å². The molecule has 2 aliphatic rings. The first kappa shape index (κ1) is 12.0. The second kappa shape index (κ2) is 5.29. The first-order valence-electron chi connectivity index (χ1n) is 6.96. The Morgan fingerprint density at radius 3 is 3.00 bits per heavy atom. The van der Waals surface area contributed by atoms with E-state index in [-0.39, 0.29) is 0 Å². The zero-order chi connectivity index (χ0) is 12.4. The Bertz CT molecular complexity index is 401. The van der Waals surface area contributed by atoms with Crippen molar-refractivity contribution in [3.63, 3.8) is 0 Å². The molecule has 1 aromatic rings. The maximum Gasteiger partial charge on any atom is 0.0601 e. The van der Waals surface area contributed by atoms with E-state index >= 15 is 0 Å². The predicted octanol–water partition coefficient (Wildman–Crippen LogP) is 2.35. The van der Waals surface area contributed by atoms with Gasteiger partial charge in [0.1, 0.15) is 0 Å². The fourth-order valence-corrected chi connectivity index (χ4v) is 3.00. The minimum Gasteiger partial charge on any atom is -0.385 e. The lowest BCUT2D eigenvalue weighted by Crippen LogP contribution is -2.46. The molecular formula is C15H22N2O. The molecule has 0 spiro atoms. The van der Waals surface area contributed by atoms with E-state index in [4.69, 9.17) is 4.74 Å². The summed E-state index contributed by atoms with van der Waals surface area (Å²) in [5.41, 5.74) is 2.79. The van der Waals surface area contributed by atoms with Crippen LogP contribution in [0, 0.1) is 0 Å². The molecule has 1 atom stereocenters. The molecule has 1 aliphatic heterocycles. The van der Waals surface area contributed by atoms with Gasteiger partial charge in [-0.2, -0.15) is 0 Å². The molecule has 1 saturated carbocycles. The number of fused-ring (bicyclic) bond motifs is 1. The maximum absolute atomic E-state index is 5.31. The fourth-order valence-electron chi connectivity index (χ4n) is 3.00. The van der Waals surface area contributed by atoms with E-state index in [1.165, 1.54) is 30.5 Å². The molecule has 0 bridgehead atoms. The van der Waals surface area contributed by atoms with Crippen molar-refractivity contribution in [3.8, 4) is 0 Å². The zero-order valence-corrected chi connectivity index (χ0v) is 11.0. The number of hydrogen-bond donors (Lipinski definition) is 2. The highest BCUT2D eigenvalue weighted by atomic mass is 16.5. The number of hydrogen-bond acceptors (Lipinski definition) is 3. The minimum atomic E-state index is 0.489. The van der Waals surface area contributed by atoms with Crippen LogP contribution >= 0.6 is 0 Å². The maximum atomic E-state index is 5.31. The van der Waals surface area contributed by atoms with Gasteiger partial charge in [-0.15, -0.1) is 0 Å². The number of anilines is 1. The number of ether oxygens (including phenoxy) is 1. The van der Waals surface area contributed by atoms with Crippen LogP contribution in [0.5, 0.6) is 0 Å². The van der Waals surface area contributed by atoms with Gasteiger partial charge in [0.05, 0.1) is 6.10 Å². The van der Waals surface area contributed by atoms with E-state index in [2.05, 4.69) is 34.9 Å². The van der Waals surface area contributed by atoms with Gasteiger partial charge in [-0.1, -0.05) is 18.2 Å². The van der Waals surface area contributed by atoms with Gasteiger partial charge in [0.15, 0.2) is 0 Å². The quantitative estimate of drug-likeness (QED) is 0.855. The van der Waals surface area contributed by atoms with Crippen LogP contribution in [0.4, 0.5) is 5.69 Å². The number of para-hydroxylation sites is 1. The molecular weight excluding hydrogens is 224 g/mol. The molecule has 1 unspecified atom stereocenters. The van der Waals surface area contributed by atoms with E-state index in [9.17, 15) is 0 Å². The smallest absolute Gasteiger partial charge is 0.0601 e. The van der Waals surface area contributed by atoms with Crippen LogP contribution in [0.15, 0.2) is 24.3 Å². The van der Waals surface area contributed by atoms with Crippen LogP contribution in [0.25, 0.3) is 0 Å². The largest absolute Gasteiger partial charge is 0.385 e. The molecule has 98 valence electrons. The van der Waals surface area contributed by atoms with Gasteiger partial charge in [-0.3, -0.25) is 0 Å². The third kappa shape index (κ3) is 2.38. The Hall–Kier alpha value is -1.06. The molecule has 1 aromatic carbocycles. The van der Waals surface area contributed by atoms with E-state index in [0.29, 0.717) is 18.1 Å². The predicted molar refractivity (Wildman–Crippen MR) is 74.1 cm³/mol. The van der Waals surface area contributed by atoms with Crippen LogP contribution in [0.2, 0.25) is 0 Å². The van der Waals surface area contributed by atoms with Crippen LogP contribution < -0.4 is 10.6 Å². The van der Waals surface area contributed by atoms with Crippen LogP contribution in [0.3, 0.4) is 0 Å². The van der Waals surface area contributed by atoms with Gasteiger partial charge in [-0.05, 0) is 30.9 Å². The van der Waals surface area contributed by atoms with Crippen molar-refractivity contribution in [3.05, 3.63) is 29.8 Å². The third-order valence-corrected chi connectivity index (χ3v) is 4.29. The molecule has 1 aliphatic carbocycles. The minimum absolute atomic E-state index is 0.489. The average Bonchev–Trinajstić information content (AvgIpc) is 2.37. The third-order valence-electron chi connectivity index (χ3n) is 4.29.